The first-order valence-electron chi connectivity index (χ1n) is 1.52. The van der Waals surface area contributed by atoms with Crippen molar-refractivity contribution < 1.29 is 0 Å². The third-order valence-corrected chi connectivity index (χ3v) is 5.65. The molecule has 0 saturated carbocycles. The molecule has 0 aromatic heterocycles. The Morgan fingerprint density at radius 2 is 2.80 bits per heavy atom. The summed E-state index contributed by atoms with van der Waals surface area (Å²) in [6, 6.07) is 0. The Bertz CT molecular complexity index is 65.0. The van der Waals surface area contributed by atoms with Crippen LogP contribution in [0.2, 0.25) is 0 Å². The summed E-state index contributed by atoms with van der Waals surface area (Å²) in [5.74, 6) is 0. The van der Waals surface area contributed by atoms with Crippen molar-refractivity contribution in [1.82, 2.24) is 0 Å². The number of hydrogen-bond acceptors (Lipinski definition) is 0. The van der Waals surface area contributed by atoms with Gasteiger partial charge in [0.15, 0.2) is 0 Å². The minimum atomic E-state index is 0.258. The topological polar surface area (TPSA) is 0 Å². The van der Waals surface area contributed by atoms with Gasteiger partial charge in [-0.25, -0.2) is 0 Å². The first-order valence-corrected chi connectivity index (χ1v) is 7.45. The maximum atomic E-state index is 2.37. The van der Waals surface area contributed by atoms with Crippen LogP contribution in [0.1, 0.15) is 0 Å². The Morgan fingerprint density at radius 1 is 1.80 bits per heavy atom. The van der Waals surface area contributed by atoms with E-state index in [2.05, 4.69) is 10.1 Å². The molecular formula is C3H4PSb. The van der Waals surface area contributed by atoms with Gasteiger partial charge in [-0.3, -0.25) is 0 Å². The van der Waals surface area contributed by atoms with E-state index in [-0.39, 0.29) is 20.5 Å². The van der Waals surface area contributed by atoms with Crippen LogP contribution in [0.15, 0.2) is 10.1 Å². The molecule has 1 rings (SSSR count). The quantitative estimate of drug-likeness (QED) is 0.398. The van der Waals surface area contributed by atoms with E-state index >= 15 is 0 Å². The molecule has 0 amide bonds. The molecule has 0 spiro atoms. The van der Waals surface area contributed by atoms with Crippen LogP contribution in [-0.2, 0) is 0 Å². The molecule has 1 aliphatic heterocycles. The van der Waals surface area contributed by atoms with Gasteiger partial charge in [0.05, 0.1) is 0 Å². The summed E-state index contributed by atoms with van der Waals surface area (Å²) in [6.45, 7) is 0. The molecule has 0 radical (unpaired) electrons. The van der Waals surface area contributed by atoms with Crippen LogP contribution in [0.3, 0.4) is 0 Å². The van der Waals surface area contributed by atoms with E-state index in [4.69, 9.17) is 0 Å². The summed E-state index contributed by atoms with van der Waals surface area (Å²) in [6.07, 6.45) is 3.65. The normalized spacial score (nSPS) is 20.8. The molecule has 0 aromatic carbocycles. The van der Waals surface area contributed by atoms with Crippen LogP contribution in [0, 0.1) is 0 Å². The molecule has 0 aliphatic carbocycles. The number of hydrogen-bond donors (Lipinski definition) is 0. The zero-order valence-corrected chi connectivity index (χ0v) is 6.20. The van der Waals surface area contributed by atoms with E-state index in [0.717, 1.165) is 0 Å². The summed E-state index contributed by atoms with van der Waals surface area (Å²) in [4.78, 5) is 0. The van der Waals surface area contributed by atoms with Gasteiger partial charge in [0.2, 0.25) is 0 Å². The second-order valence-electron chi connectivity index (χ2n) is 0.824. The van der Waals surface area contributed by atoms with Crippen LogP contribution in [0.25, 0.3) is 0 Å². The molecular weight excluding hydrogens is 189 g/mol. The predicted molar refractivity (Wildman–Crippen MR) is 26.7 cm³/mol. The van der Waals surface area contributed by atoms with Crippen molar-refractivity contribution in [2.45, 2.75) is 0 Å². The van der Waals surface area contributed by atoms with E-state index in [1.807, 2.05) is 0 Å². The van der Waals surface area contributed by atoms with Crippen molar-refractivity contribution in [3.63, 3.8) is 0 Å². The van der Waals surface area contributed by atoms with E-state index in [0.29, 0.717) is 0 Å². The van der Waals surface area contributed by atoms with Crippen LogP contribution in [0.5, 0.6) is 0 Å². The average Bonchev–Trinajstić information content (AvgIpc) is 1.76. The molecule has 1 aliphatic rings. The Hall–Kier alpha value is 0.858. The number of allylic oxidation sites excluding steroid dienone is 1. The molecule has 0 fully saturated rings. The van der Waals surface area contributed by atoms with E-state index in [1.54, 1.807) is 5.69 Å². The van der Waals surface area contributed by atoms with Gasteiger partial charge < -0.3 is 0 Å². The van der Waals surface area contributed by atoms with E-state index in [1.165, 1.54) is 6.16 Å². The number of rotatable bonds is 0. The zero-order valence-electron chi connectivity index (χ0n) is 2.76. The van der Waals surface area contributed by atoms with Crippen LogP contribution in [-0.4, -0.2) is 26.7 Å². The summed E-state index contributed by atoms with van der Waals surface area (Å²) in [7, 11) is 0. The second kappa shape index (κ2) is 2.11. The first-order chi connectivity index (χ1) is 2.50. The molecule has 0 nitrogen and oxygen atoms in total. The van der Waals surface area contributed by atoms with E-state index in [9.17, 15) is 0 Å². The summed E-state index contributed by atoms with van der Waals surface area (Å²) in [5.41, 5.74) is 1.73. The third kappa shape index (κ3) is 1.16. The van der Waals surface area contributed by atoms with E-state index < -0.39 is 0 Å². The van der Waals surface area contributed by atoms with Crippen molar-refractivity contribution in [2.75, 3.05) is 6.16 Å². The molecule has 26 valence electrons. The Kier molecular flexibility index (Phi) is 1.70. The Balaban J connectivity index is 2.61. The molecule has 0 saturated heterocycles. The molecule has 0 atom stereocenters. The molecule has 0 N–H and O–H groups in total. The third-order valence-electron chi connectivity index (χ3n) is 0.441. The fourth-order valence-electron chi connectivity index (χ4n) is 0.236. The maximum absolute atomic E-state index is 2.37. The van der Waals surface area contributed by atoms with Crippen molar-refractivity contribution in [2.24, 2.45) is 0 Å². The van der Waals surface area contributed by atoms with Gasteiger partial charge in [0.1, 0.15) is 0 Å². The van der Waals surface area contributed by atoms with Crippen molar-refractivity contribution in [1.29, 1.82) is 0 Å². The van der Waals surface area contributed by atoms with Gasteiger partial charge >= 0.3 is 42.5 Å². The monoisotopic (exact) mass is 192 g/mol. The minimum absolute atomic E-state index is 0.258. The fourth-order valence-corrected chi connectivity index (χ4v) is 4.74. The Morgan fingerprint density at radius 3 is 3.00 bits per heavy atom. The molecule has 5 heavy (non-hydrogen) atoms. The standard InChI is InChI=1S/C3H4P.Sb/c1-2-3-4;/h1-2H,3H2;. The molecule has 0 bridgehead atoms. The van der Waals surface area contributed by atoms with Gasteiger partial charge in [-0.2, -0.15) is 0 Å². The summed E-state index contributed by atoms with van der Waals surface area (Å²) < 4.78 is 2.37. The molecule has 1 heterocycles. The summed E-state index contributed by atoms with van der Waals surface area (Å²) in [5, 5.41) is 0. The van der Waals surface area contributed by atoms with Gasteiger partial charge in [-0.1, -0.05) is 0 Å². The van der Waals surface area contributed by atoms with Gasteiger partial charge in [0.25, 0.3) is 0 Å². The predicted octanol–water partition coefficient (Wildman–Crippen LogP) is 1.08. The molecule has 0 unspecified atom stereocenters. The Labute approximate surface area is 42.7 Å². The SMILES string of the molecule is C1=[CH][Sb]=[P]C1. The van der Waals surface area contributed by atoms with Crippen LogP contribution >= 0.6 is 5.69 Å². The molecule has 2 heteroatoms. The molecule has 0 aromatic rings. The zero-order chi connectivity index (χ0) is 3.54. The van der Waals surface area contributed by atoms with Gasteiger partial charge in [-0.15, -0.1) is 0 Å². The summed E-state index contributed by atoms with van der Waals surface area (Å²) >= 11 is 0.258. The average molecular weight is 193 g/mol. The first kappa shape index (κ1) is 4.03. The second-order valence-corrected chi connectivity index (χ2v) is 6.95. The fraction of sp³-hybridized carbons (Fsp3) is 0.333. The van der Waals surface area contributed by atoms with Crippen LogP contribution in [0.4, 0.5) is 0 Å². The van der Waals surface area contributed by atoms with Gasteiger partial charge in [0, 0.05) is 0 Å². The van der Waals surface area contributed by atoms with Gasteiger partial charge in [-0.05, 0) is 0 Å². The van der Waals surface area contributed by atoms with Crippen molar-refractivity contribution in [3.05, 3.63) is 10.1 Å². The van der Waals surface area contributed by atoms with Crippen molar-refractivity contribution >= 4 is 26.2 Å². The van der Waals surface area contributed by atoms with Crippen molar-refractivity contribution in [3.8, 4) is 0 Å². The van der Waals surface area contributed by atoms with Crippen LogP contribution < -0.4 is 0 Å².